The number of fused-ring (bicyclic) bond motifs is 2. The number of aryl methyl sites for hydroxylation is 2. The number of nitrogens with one attached hydrogen (secondary N) is 1. The number of rotatable bonds is 7. The van der Waals surface area contributed by atoms with Gasteiger partial charge in [-0.05, 0) is 55.5 Å². The summed E-state index contributed by atoms with van der Waals surface area (Å²) in [6.07, 6.45) is 0. The molecule has 3 aromatic carbocycles. The average Bonchev–Trinajstić information content (AvgIpc) is 3.33. The maximum atomic E-state index is 13.6. The second-order valence-electron chi connectivity index (χ2n) is 8.72. The topological polar surface area (TPSA) is 99.5 Å². The van der Waals surface area contributed by atoms with E-state index in [-0.39, 0.29) is 24.3 Å². The van der Waals surface area contributed by atoms with Crippen molar-refractivity contribution in [3.63, 3.8) is 0 Å². The van der Waals surface area contributed by atoms with Gasteiger partial charge in [-0.3, -0.25) is 9.59 Å². The Balaban J connectivity index is 1.50. The Morgan fingerprint density at radius 3 is 2.58 bits per heavy atom. The third-order valence-electron chi connectivity index (χ3n) is 6.22. The van der Waals surface area contributed by atoms with E-state index in [0.29, 0.717) is 21.8 Å². The quantitative estimate of drug-likeness (QED) is 0.284. The molecule has 1 amide bonds. The van der Waals surface area contributed by atoms with Gasteiger partial charge in [0, 0.05) is 16.2 Å². The Morgan fingerprint density at radius 1 is 1.00 bits per heavy atom. The van der Waals surface area contributed by atoms with Gasteiger partial charge in [-0.25, -0.2) is 4.79 Å². The summed E-state index contributed by atoms with van der Waals surface area (Å²) in [4.78, 5) is 39.3. The van der Waals surface area contributed by atoms with Crippen molar-refractivity contribution >= 4 is 49.8 Å². The standard InChI is InChI=1S/C29H25N3O5S/c1-4-36-29(35)26-22-16-38-27(25(22)28(34)32(31-26)20-13-12-17(2)18(3)14-20)30-24(33)15-37-23-11-7-9-19-8-5-6-10-21(19)23/h5-14,16H,4,15H2,1-3H3,(H,30,33). The molecule has 192 valence electrons. The fraction of sp³-hybridized carbons (Fsp3) is 0.172. The van der Waals surface area contributed by atoms with E-state index in [1.807, 2.05) is 62.4 Å². The van der Waals surface area contributed by atoms with Crippen LogP contribution in [0.5, 0.6) is 5.75 Å². The van der Waals surface area contributed by atoms with Crippen LogP contribution in [0, 0.1) is 13.8 Å². The van der Waals surface area contributed by atoms with E-state index in [1.54, 1.807) is 24.4 Å². The van der Waals surface area contributed by atoms with Crippen LogP contribution in [0.2, 0.25) is 0 Å². The van der Waals surface area contributed by atoms with Crippen molar-refractivity contribution in [2.24, 2.45) is 0 Å². The second kappa shape index (κ2) is 10.5. The van der Waals surface area contributed by atoms with Gasteiger partial charge in [0.15, 0.2) is 12.3 Å². The van der Waals surface area contributed by atoms with Crippen LogP contribution in [0.1, 0.15) is 28.5 Å². The number of nitrogens with zero attached hydrogens (tertiary/aromatic N) is 2. The lowest BCUT2D eigenvalue weighted by Crippen LogP contribution is -2.26. The number of benzene rings is 3. The summed E-state index contributed by atoms with van der Waals surface area (Å²) in [5, 5.41) is 11.5. The number of anilines is 1. The van der Waals surface area contributed by atoms with Gasteiger partial charge in [0.1, 0.15) is 10.8 Å². The van der Waals surface area contributed by atoms with Crippen LogP contribution in [0.15, 0.2) is 70.8 Å². The first-order valence-electron chi connectivity index (χ1n) is 12.1. The number of carbonyl (C=O) groups excluding carboxylic acids is 2. The fourth-order valence-electron chi connectivity index (χ4n) is 4.15. The Bertz CT molecular complexity index is 1750. The first kappa shape index (κ1) is 25.2. The van der Waals surface area contributed by atoms with Gasteiger partial charge in [-0.15, -0.1) is 11.3 Å². The van der Waals surface area contributed by atoms with Crippen LogP contribution in [0.3, 0.4) is 0 Å². The van der Waals surface area contributed by atoms with Gasteiger partial charge in [0.2, 0.25) is 0 Å². The number of aromatic nitrogens is 2. The summed E-state index contributed by atoms with van der Waals surface area (Å²) in [6, 6.07) is 18.8. The molecular weight excluding hydrogens is 502 g/mol. The predicted octanol–water partition coefficient (Wildman–Crippen LogP) is 5.41. The molecule has 1 N–H and O–H groups in total. The molecule has 5 aromatic rings. The number of hydrogen-bond acceptors (Lipinski definition) is 7. The average molecular weight is 528 g/mol. The third kappa shape index (κ3) is 4.76. The van der Waals surface area contributed by atoms with Crippen molar-refractivity contribution in [2.45, 2.75) is 20.8 Å². The molecule has 0 radical (unpaired) electrons. The van der Waals surface area contributed by atoms with Crippen molar-refractivity contribution in [2.75, 3.05) is 18.5 Å². The Kier molecular flexibility index (Phi) is 6.93. The Labute approximate surface area is 222 Å². The normalized spacial score (nSPS) is 11.0. The molecular formula is C29H25N3O5S. The molecule has 0 atom stereocenters. The molecule has 38 heavy (non-hydrogen) atoms. The summed E-state index contributed by atoms with van der Waals surface area (Å²) in [5.41, 5.74) is 2.08. The molecule has 8 nitrogen and oxygen atoms in total. The van der Waals surface area contributed by atoms with Crippen molar-refractivity contribution in [1.82, 2.24) is 9.78 Å². The summed E-state index contributed by atoms with van der Waals surface area (Å²) < 4.78 is 12.2. The van der Waals surface area contributed by atoms with E-state index in [9.17, 15) is 14.4 Å². The van der Waals surface area contributed by atoms with Gasteiger partial charge < -0.3 is 14.8 Å². The zero-order valence-electron chi connectivity index (χ0n) is 21.1. The van der Waals surface area contributed by atoms with Crippen molar-refractivity contribution in [3.8, 4) is 11.4 Å². The lowest BCUT2D eigenvalue weighted by molar-refractivity contribution is -0.118. The molecule has 0 aliphatic carbocycles. The number of hydrogen-bond donors (Lipinski definition) is 1. The minimum Gasteiger partial charge on any atom is -0.483 e. The number of ether oxygens (including phenoxy) is 2. The molecule has 0 unspecified atom stereocenters. The molecule has 0 fully saturated rings. The molecule has 0 aliphatic heterocycles. The van der Waals surface area contributed by atoms with Crippen molar-refractivity contribution in [3.05, 3.63) is 93.2 Å². The minimum absolute atomic E-state index is 0.00318. The SMILES string of the molecule is CCOC(=O)c1nn(-c2ccc(C)c(C)c2)c(=O)c2c(NC(=O)COc3cccc4ccccc34)scc12. The van der Waals surface area contributed by atoms with Crippen LogP contribution < -0.4 is 15.6 Å². The van der Waals surface area contributed by atoms with Crippen molar-refractivity contribution in [1.29, 1.82) is 0 Å². The van der Waals surface area contributed by atoms with Crippen LogP contribution in [0.4, 0.5) is 5.00 Å². The number of thiophene rings is 1. The summed E-state index contributed by atoms with van der Waals surface area (Å²) in [5.74, 6) is -0.501. The molecule has 0 bridgehead atoms. The molecule has 5 rings (SSSR count). The Morgan fingerprint density at radius 2 is 1.79 bits per heavy atom. The van der Waals surface area contributed by atoms with Gasteiger partial charge in [-0.2, -0.15) is 9.78 Å². The first-order chi connectivity index (χ1) is 18.4. The molecule has 0 saturated carbocycles. The number of amides is 1. The van der Waals surface area contributed by atoms with Gasteiger partial charge in [-0.1, -0.05) is 42.5 Å². The zero-order chi connectivity index (χ0) is 26.8. The number of carbonyl (C=O) groups is 2. The number of esters is 1. The Hall–Kier alpha value is -4.50. The van der Waals surface area contributed by atoms with Crippen LogP contribution in [-0.4, -0.2) is 34.9 Å². The monoisotopic (exact) mass is 527 g/mol. The molecule has 9 heteroatoms. The third-order valence-corrected chi connectivity index (χ3v) is 7.11. The van der Waals surface area contributed by atoms with E-state index in [1.165, 1.54) is 4.68 Å². The molecule has 2 heterocycles. The first-order valence-corrected chi connectivity index (χ1v) is 12.9. The highest BCUT2D eigenvalue weighted by Gasteiger charge is 2.23. The fourth-order valence-corrected chi connectivity index (χ4v) is 5.10. The zero-order valence-corrected chi connectivity index (χ0v) is 21.9. The minimum atomic E-state index is -0.648. The lowest BCUT2D eigenvalue weighted by atomic mass is 10.1. The van der Waals surface area contributed by atoms with Crippen LogP contribution in [0.25, 0.3) is 27.2 Å². The van der Waals surface area contributed by atoms with E-state index in [2.05, 4.69) is 10.4 Å². The lowest BCUT2D eigenvalue weighted by Gasteiger charge is -2.12. The molecule has 0 saturated heterocycles. The van der Waals surface area contributed by atoms with Crippen molar-refractivity contribution < 1.29 is 19.1 Å². The molecule has 2 aromatic heterocycles. The van der Waals surface area contributed by atoms with Gasteiger partial charge >= 0.3 is 5.97 Å². The van der Waals surface area contributed by atoms with Crippen LogP contribution >= 0.6 is 11.3 Å². The largest absolute Gasteiger partial charge is 0.483 e. The summed E-state index contributed by atoms with van der Waals surface area (Å²) in [7, 11) is 0. The molecule has 0 spiro atoms. The predicted molar refractivity (Wildman–Crippen MR) is 149 cm³/mol. The maximum Gasteiger partial charge on any atom is 0.359 e. The second-order valence-corrected chi connectivity index (χ2v) is 9.60. The maximum absolute atomic E-state index is 13.6. The van der Waals surface area contributed by atoms with Gasteiger partial charge in [0.05, 0.1) is 17.7 Å². The highest BCUT2D eigenvalue weighted by molar-refractivity contribution is 7.16. The van der Waals surface area contributed by atoms with E-state index < -0.39 is 17.4 Å². The smallest absolute Gasteiger partial charge is 0.359 e. The van der Waals surface area contributed by atoms with E-state index in [0.717, 1.165) is 33.2 Å². The van der Waals surface area contributed by atoms with E-state index in [4.69, 9.17) is 9.47 Å². The highest BCUT2D eigenvalue weighted by Crippen LogP contribution is 2.31. The van der Waals surface area contributed by atoms with Gasteiger partial charge in [0.25, 0.3) is 11.5 Å². The highest BCUT2D eigenvalue weighted by atomic mass is 32.1. The van der Waals surface area contributed by atoms with Crippen LogP contribution in [-0.2, 0) is 9.53 Å². The molecule has 0 aliphatic rings. The summed E-state index contributed by atoms with van der Waals surface area (Å²) >= 11 is 1.14. The summed E-state index contributed by atoms with van der Waals surface area (Å²) in [6.45, 7) is 5.50. The van der Waals surface area contributed by atoms with E-state index >= 15 is 0 Å².